The molecule has 0 radical (unpaired) electrons. The topological polar surface area (TPSA) is 85.6 Å². The van der Waals surface area contributed by atoms with Crippen LogP contribution in [0, 0.1) is 0 Å². The molecule has 6 nitrogen and oxygen atoms in total. The van der Waals surface area contributed by atoms with Gasteiger partial charge >= 0.3 is 6.09 Å². The summed E-state index contributed by atoms with van der Waals surface area (Å²) in [6.45, 7) is 1.35. The normalized spacial score (nSPS) is 12.6. The fourth-order valence-electron chi connectivity index (χ4n) is 3.41. The van der Waals surface area contributed by atoms with Gasteiger partial charge in [-0.15, -0.1) is 0 Å². The number of hydrogen-bond acceptors (Lipinski definition) is 5. The summed E-state index contributed by atoms with van der Waals surface area (Å²) in [6.07, 6.45) is 0.163. The number of hydrogen-bond donors (Lipinski definition) is 3. The van der Waals surface area contributed by atoms with Crippen LogP contribution in [-0.4, -0.2) is 31.8 Å². The summed E-state index contributed by atoms with van der Waals surface area (Å²) in [5.41, 5.74) is 9.65. The smallest absolute Gasteiger partial charge is 0.407 e. The van der Waals surface area contributed by atoms with E-state index in [4.69, 9.17) is 15.2 Å². The zero-order valence-corrected chi connectivity index (χ0v) is 18.4. The quantitative estimate of drug-likeness (QED) is 0.430. The van der Waals surface area contributed by atoms with E-state index in [0.717, 1.165) is 22.4 Å². The van der Waals surface area contributed by atoms with Gasteiger partial charge in [0.15, 0.2) is 0 Å². The minimum Gasteiger partial charge on any atom is -0.497 e. The lowest BCUT2D eigenvalue weighted by atomic mass is 10.00. The highest BCUT2D eigenvalue weighted by Crippen LogP contribution is 2.12. The highest BCUT2D eigenvalue weighted by atomic mass is 16.5. The average Bonchev–Trinajstić information content (AvgIpc) is 2.83. The van der Waals surface area contributed by atoms with Crippen LogP contribution in [0.1, 0.15) is 16.7 Å². The summed E-state index contributed by atoms with van der Waals surface area (Å²) in [6, 6.07) is 26.9. The molecule has 0 aromatic heterocycles. The van der Waals surface area contributed by atoms with Gasteiger partial charge in [0.2, 0.25) is 0 Å². The monoisotopic (exact) mass is 433 g/mol. The standard InChI is InChI=1S/C26H31N3O3/c1-31-23-14-8-13-22(15-23)17-28-18-25(24(27)16-20-9-4-2-5-10-20)29-26(30)32-19-21-11-6-3-7-12-21/h2-15,24-25,28H,16-19,27H2,1H3,(H,29,30)/t24-,25+/m0/s1. The van der Waals surface area contributed by atoms with Crippen LogP contribution in [0.25, 0.3) is 0 Å². The third-order valence-electron chi connectivity index (χ3n) is 5.17. The van der Waals surface area contributed by atoms with E-state index >= 15 is 0 Å². The number of nitrogens with two attached hydrogens (primary N) is 1. The third-order valence-corrected chi connectivity index (χ3v) is 5.17. The van der Waals surface area contributed by atoms with E-state index in [1.165, 1.54) is 0 Å². The van der Waals surface area contributed by atoms with E-state index in [1.54, 1.807) is 7.11 Å². The lowest BCUT2D eigenvalue weighted by Gasteiger charge is -2.25. The van der Waals surface area contributed by atoms with Crippen molar-refractivity contribution in [3.8, 4) is 5.75 Å². The van der Waals surface area contributed by atoms with Crippen molar-refractivity contribution in [3.05, 3.63) is 102 Å². The second kappa shape index (κ2) is 12.5. The van der Waals surface area contributed by atoms with Crippen molar-refractivity contribution in [1.82, 2.24) is 10.6 Å². The Morgan fingerprint density at radius 3 is 2.25 bits per heavy atom. The number of alkyl carbamates (subject to hydrolysis) is 1. The highest BCUT2D eigenvalue weighted by molar-refractivity contribution is 5.67. The van der Waals surface area contributed by atoms with Gasteiger partial charge in [-0.3, -0.25) is 0 Å². The molecule has 1 amide bonds. The molecule has 4 N–H and O–H groups in total. The van der Waals surface area contributed by atoms with E-state index in [0.29, 0.717) is 19.5 Å². The molecule has 0 fully saturated rings. The van der Waals surface area contributed by atoms with Gasteiger partial charge in [-0.05, 0) is 35.2 Å². The Balaban J connectivity index is 1.58. The Bertz CT molecular complexity index is 951. The molecule has 0 aliphatic rings. The van der Waals surface area contributed by atoms with E-state index in [1.807, 2.05) is 84.9 Å². The van der Waals surface area contributed by atoms with E-state index < -0.39 is 6.09 Å². The molecule has 0 unspecified atom stereocenters. The van der Waals surface area contributed by atoms with Crippen molar-refractivity contribution in [2.24, 2.45) is 5.73 Å². The van der Waals surface area contributed by atoms with Crippen molar-refractivity contribution in [1.29, 1.82) is 0 Å². The third kappa shape index (κ3) is 7.72. The Morgan fingerprint density at radius 2 is 1.56 bits per heavy atom. The van der Waals surface area contributed by atoms with E-state index in [9.17, 15) is 4.79 Å². The minimum absolute atomic E-state index is 0.213. The molecule has 32 heavy (non-hydrogen) atoms. The van der Waals surface area contributed by atoms with Crippen molar-refractivity contribution in [3.63, 3.8) is 0 Å². The Labute approximate surface area is 189 Å². The first-order valence-electron chi connectivity index (χ1n) is 10.7. The van der Waals surface area contributed by atoms with Gasteiger partial charge in [-0.1, -0.05) is 72.8 Å². The molecule has 3 rings (SSSR count). The maximum absolute atomic E-state index is 12.5. The Morgan fingerprint density at radius 1 is 0.906 bits per heavy atom. The molecular formula is C26H31N3O3. The molecule has 3 aromatic rings. The van der Waals surface area contributed by atoms with Crippen LogP contribution in [0.2, 0.25) is 0 Å². The number of ether oxygens (including phenoxy) is 2. The number of carbonyl (C=O) groups excluding carboxylic acids is 1. The number of methoxy groups -OCH3 is 1. The summed E-state index contributed by atoms with van der Waals surface area (Å²) >= 11 is 0. The predicted molar refractivity (Wildman–Crippen MR) is 126 cm³/mol. The molecule has 0 aliphatic carbocycles. The number of nitrogens with one attached hydrogen (secondary N) is 2. The van der Waals surface area contributed by atoms with Crippen LogP contribution >= 0.6 is 0 Å². The highest BCUT2D eigenvalue weighted by Gasteiger charge is 2.21. The number of amides is 1. The van der Waals surface area contributed by atoms with Gasteiger partial charge in [0.25, 0.3) is 0 Å². The van der Waals surface area contributed by atoms with Gasteiger partial charge in [0, 0.05) is 19.1 Å². The SMILES string of the molecule is COc1cccc(CNC[C@@H](NC(=O)OCc2ccccc2)[C@@H](N)Cc2ccccc2)c1. The molecule has 0 heterocycles. The molecule has 168 valence electrons. The lowest BCUT2D eigenvalue weighted by Crippen LogP contribution is -2.53. The van der Waals surface area contributed by atoms with Crippen LogP contribution in [0.5, 0.6) is 5.75 Å². The fourth-order valence-corrected chi connectivity index (χ4v) is 3.41. The summed E-state index contributed by atoms with van der Waals surface area (Å²) in [4.78, 5) is 12.5. The second-order valence-electron chi connectivity index (χ2n) is 7.65. The summed E-state index contributed by atoms with van der Waals surface area (Å²) < 4.78 is 10.7. The first-order chi connectivity index (χ1) is 15.6. The van der Waals surface area contributed by atoms with Crippen molar-refractivity contribution >= 4 is 6.09 Å². The molecule has 0 bridgehead atoms. The molecule has 6 heteroatoms. The van der Waals surface area contributed by atoms with Crippen LogP contribution in [0.3, 0.4) is 0 Å². The number of rotatable bonds is 11. The molecular weight excluding hydrogens is 402 g/mol. The Kier molecular flexibility index (Phi) is 9.10. The zero-order chi connectivity index (χ0) is 22.6. The van der Waals surface area contributed by atoms with Gasteiger partial charge < -0.3 is 25.8 Å². The number of carbonyl (C=O) groups is 1. The first kappa shape index (κ1) is 23.3. The average molecular weight is 434 g/mol. The maximum atomic E-state index is 12.5. The molecule has 0 aliphatic heterocycles. The second-order valence-corrected chi connectivity index (χ2v) is 7.65. The van der Waals surface area contributed by atoms with Gasteiger partial charge in [-0.2, -0.15) is 0 Å². The largest absolute Gasteiger partial charge is 0.497 e. The minimum atomic E-state index is -0.481. The van der Waals surface area contributed by atoms with Gasteiger partial charge in [-0.25, -0.2) is 4.79 Å². The predicted octanol–water partition coefficient (Wildman–Crippen LogP) is 3.65. The van der Waals surface area contributed by atoms with Crippen LogP contribution in [0.4, 0.5) is 4.79 Å². The maximum Gasteiger partial charge on any atom is 0.407 e. The molecule has 0 saturated carbocycles. The summed E-state index contributed by atoms with van der Waals surface area (Å²) in [5, 5.41) is 6.34. The first-order valence-corrected chi connectivity index (χ1v) is 10.7. The zero-order valence-electron chi connectivity index (χ0n) is 18.4. The molecule has 0 saturated heterocycles. The molecule has 0 spiro atoms. The number of benzene rings is 3. The summed E-state index contributed by atoms with van der Waals surface area (Å²) in [5.74, 6) is 0.809. The van der Waals surface area contributed by atoms with Crippen LogP contribution in [0.15, 0.2) is 84.9 Å². The summed E-state index contributed by atoms with van der Waals surface area (Å²) in [7, 11) is 1.65. The Hall–Kier alpha value is -3.35. The molecule has 3 aromatic carbocycles. The van der Waals surface area contributed by atoms with Gasteiger partial charge in [0.05, 0.1) is 13.2 Å². The molecule has 2 atom stereocenters. The van der Waals surface area contributed by atoms with Crippen LogP contribution < -0.4 is 21.1 Å². The van der Waals surface area contributed by atoms with Crippen molar-refractivity contribution in [2.75, 3.05) is 13.7 Å². The van der Waals surface area contributed by atoms with Gasteiger partial charge in [0.1, 0.15) is 12.4 Å². The van der Waals surface area contributed by atoms with E-state index in [-0.39, 0.29) is 18.7 Å². The lowest BCUT2D eigenvalue weighted by molar-refractivity contribution is 0.133. The van der Waals surface area contributed by atoms with E-state index in [2.05, 4.69) is 10.6 Å². The van der Waals surface area contributed by atoms with Crippen molar-refractivity contribution in [2.45, 2.75) is 31.7 Å². The van der Waals surface area contributed by atoms with Crippen molar-refractivity contribution < 1.29 is 14.3 Å². The fraction of sp³-hybridized carbons (Fsp3) is 0.269. The van der Waals surface area contributed by atoms with Crippen LogP contribution in [-0.2, 0) is 24.3 Å².